The van der Waals surface area contributed by atoms with Crippen LogP contribution in [0.4, 0.5) is 4.39 Å². The van der Waals surface area contributed by atoms with Crippen LogP contribution < -0.4 is 0 Å². The quantitative estimate of drug-likeness (QED) is 0.695. The van der Waals surface area contributed by atoms with Gasteiger partial charge in [-0.15, -0.1) is 0 Å². The SMILES string of the molecule is COC(=O)c1ccc2cnn(CCc3ccc(F)cc3)c2c1. The third-order valence-electron chi connectivity index (χ3n) is 3.59. The number of aryl methyl sites for hydroxylation is 2. The predicted octanol–water partition coefficient (Wildman–Crippen LogP) is 3.20. The predicted molar refractivity (Wildman–Crippen MR) is 81.2 cm³/mol. The van der Waals surface area contributed by atoms with Gasteiger partial charge in [0.15, 0.2) is 0 Å². The lowest BCUT2D eigenvalue weighted by molar-refractivity contribution is 0.0601. The molecule has 0 radical (unpaired) electrons. The van der Waals surface area contributed by atoms with Crippen molar-refractivity contribution in [2.75, 3.05) is 7.11 Å². The number of carbonyl (C=O) groups excluding carboxylic acids is 1. The van der Waals surface area contributed by atoms with Crippen LogP contribution in [0.3, 0.4) is 0 Å². The highest BCUT2D eigenvalue weighted by atomic mass is 19.1. The van der Waals surface area contributed by atoms with Crippen LogP contribution >= 0.6 is 0 Å². The molecule has 0 amide bonds. The summed E-state index contributed by atoms with van der Waals surface area (Å²) in [4.78, 5) is 11.6. The summed E-state index contributed by atoms with van der Waals surface area (Å²) in [6.07, 6.45) is 2.50. The van der Waals surface area contributed by atoms with Crippen LogP contribution in [0.5, 0.6) is 0 Å². The molecule has 1 aromatic heterocycles. The zero-order valence-electron chi connectivity index (χ0n) is 12.1. The Morgan fingerprint density at radius 2 is 2.00 bits per heavy atom. The summed E-state index contributed by atoms with van der Waals surface area (Å²) >= 11 is 0. The van der Waals surface area contributed by atoms with E-state index in [9.17, 15) is 9.18 Å². The molecule has 0 N–H and O–H groups in total. The lowest BCUT2D eigenvalue weighted by atomic mass is 10.1. The van der Waals surface area contributed by atoms with Crippen molar-refractivity contribution in [1.82, 2.24) is 9.78 Å². The summed E-state index contributed by atoms with van der Waals surface area (Å²) in [6.45, 7) is 0.653. The van der Waals surface area contributed by atoms with E-state index >= 15 is 0 Å². The van der Waals surface area contributed by atoms with Crippen LogP contribution in [-0.4, -0.2) is 22.9 Å². The summed E-state index contributed by atoms with van der Waals surface area (Å²) in [5.74, 6) is -0.607. The van der Waals surface area contributed by atoms with Gasteiger partial charge in [0, 0.05) is 11.9 Å². The molecule has 0 aliphatic carbocycles. The van der Waals surface area contributed by atoms with Gasteiger partial charge in [0.2, 0.25) is 0 Å². The van der Waals surface area contributed by atoms with Crippen molar-refractivity contribution < 1.29 is 13.9 Å². The molecule has 1 heterocycles. The lowest BCUT2D eigenvalue weighted by Crippen LogP contribution is -2.05. The van der Waals surface area contributed by atoms with Gasteiger partial charge in [0.25, 0.3) is 0 Å². The highest BCUT2D eigenvalue weighted by Gasteiger charge is 2.09. The molecule has 0 aliphatic heterocycles. The van der Waals surface area contributed by atoms with Gasteiger partial charge < -0.3 is 4.74 Å². The summed E-state index contributed by atoms with van der Waals surface area (Å²) in [6, 6.07) is 11.8. The Balaban J connectivity index is 1.84. The second-order valence-electron chi connectivity index (χ2n) is 5.01. The van der Waals surface area contributed by atoms with Crippen LogP contribution in [-0.2, 0) is 17.7 Å². The smallest absolute Gasteiger partial charge is 0.337 e. The fourth-order valence-electron chi connectivity index (χ4n) is 2.38. The van der Waals surface area contributed by atoms with Crippen LogP contribution in [0.15, 0.2) is 48.7 Å². The van der Waals surface area contributed by atoms with Gasteiger partial charge in [0.1, 0.15) is 5.82 Å². The first-order chi connectivity index (χ1) is 10.7. The summed E-state index contributed by atoms with van der Waals surface area (Å²) < 4.78 is 19.5. The first kappa shape index (κ1) is 14.3. The van der Waals surface area contributed by atoms with Crippen molar-refractivity contribution in [2.24, 2.45) is 0 Å². The normalized spacial score (nSPS) is 10.8. The molecule has 112 valence electrons. The van der Waals surface area contributed by atoms with Crippen molar-refractivity contribution >= 4 is 16.9 Å². The standard InChI is InChI=1S/C17H15FN2O2/c1-22-17(21)13-4-5-14-11-19-20(16(14)10-13)9-8-12-2-6-15(18)7-3-12/h2-7,10-11H,8-9H2,1H3. The van der Waals surface area contributed by atoms with E-state index in [0.717, 1.165) is 22.9 Å². The molecule has 0 spiro atoms. The number of hydrogen-bond donors (Lipinski definition) is 0. The lowest BCUT2D eigenvalue weighted by Gasteiger charge is -2.05. The summed E-state index contributed by atoms with van der Waals surface area (Å²) in [5.41, 5.74) is 2.41. The van der Waals surface area contributed by atoms with Crippen molar-refractivity contribution in [3.63, 3.8) is 0 Å². The average molecular weight is 298 g/mol. The number of carbonyl (C=O) groups is 1. The number of fused-ring (bicyclic) bond motifs is 1. The van der Waals surface area contributed by atoms with Crippen molar-refractivity contribution in [3.05, 3.63) is 65.6 Å². The van der Waals surface area contributed by atoms with Gasteiger partial charge in [-0.25, -0.2) is 9.18 Å². The maximum atomic E-state index is 12.9. The van der Waals surface area contributed by atoms with Crippen LogP contribution in [0.2, 0.25) is 0 Å². The molecule has 5 heteroatoms. The highest BCUT2D eigenvalue weighted by Crippen LogP contribution is 2.17. The molecule has 4 nitrogen and oxygen atoms in total. The Hall–Kier alpha value is -2.69. The summed E-state index contributed by atoms with van der Waals surface area (Å²) in [5, 5.41) is 5.31. The van der Waals surface area contributed by atoms with E-state index in [1.165, 1.54) is 19.2 Å². The molecule has 22 heavy (non-hydrogen) atoms. The molecule has 0 fully saturated rings. The second kappa shape index (κ2) is 5.97. The number of nitrogens with zero attached hydrogens (tertiary/aromatic N) is 2. The number of benzene rings is 2. The first-order valence-corrected chi connectivity index (χ1v) is 6.96. The van der Waals surface area contributed by atoms with Crippen molar-refractivity contribution in [1.29, 1.82) is 0 Å². The number of hydrogen-bond acceptors (Lipinski definition) is 3. The molecule has 0 saturated heterocycles. The fraction of sp³-hybridized carbons (Fsp3) is 0.176. The molecule has 0 saturated carbocycles. The Kier molecular flexibility index (Phi) is 3.87. The molecule has 3 rings (SSSR count). The van der Waals surface area contributed by atoms with E-state index in [1.807, 2.05) is 10.7 Å². The van der Waals surface area contributed by atoms with Crippen LogP contribution in [0, 0.1) is 5.82 Å². The first-order valence-electron chi connectivity index (χ1n) is 6.96. The van der Waals surface area contributed by atoms with Gasteiger partial charge in [-0.3, -0.25) is 4.68 Å². The van der Waals surface area contributed by atoms with Gasteiger partial charge >= 0.3 is 5.97 Å². The second-order valence-corrected chi connectivity index (χ2v) is 5.01. The molecular weight excluding hydrogens is 283 g/mol. The Morgan fingerprint density at radius 3 is 2.73 bits per heavy atom. The third-order valence-corrected chi connectivity index (χ3v) is 3.59. The molecule has 0 aliphatic rings. The van der Waals surface area contributed by atoms with E-state index < -0.39 is 0 Å². The molecule has 3 aromatic rings. The van der Waals surface area contributed by atoms with Gasteiger partial charge in [-0.2, -0.15) is 5.10 Å². The zero-order chi connectivity index (χ0) is 15.5. The van der Waals surface area contributed by atoms with E-state index in [1.54, 1.807) is 30.5 Å². The topological polar surface area (TPSA) is 44.1 Å². The Morgan fingerprint density at radius 1 is 1.23 bits per heavy atom. The minimum atomic E-state index is -0.367. The maximum absolute atomic E-state index is 12.9. The van der Waals surface area contributed by atoms with Crippen molar-refractivity contribution in [2.45, 2.75) is 13.0 Å². The number of aromatic nitrogens is 2. The largest absolute Gasteiger partial charge is 0.465 e. The summed E-state index contributed by atoms with van der Waals surface area (Å²) in [7, 11) is 1.36. The van der Waals surface area contributed by atoms with E-state index in [4.69, 9.17) is 4.74 Å². The Labute approximate surface area is 127 Å². The van der Waals surface area contributed by atoms with Crippen LogP contribution in [0.25, 0.3) is 10.9 Å². The number of halogens is 1. The number of esters is 1. The molecule has 2 aromatic carbocycles. The molecule has 0 unspecified atom stereocenters. The highest BCUT2D eigenvalue weighted by molar-refractivity contribution is 5.94. The van der Waals surface area contributed by atoms with Gasteiger partial charge in [0.05, 0.1) is 24.4 Å². The minimum Gasteiger partial charge on any atom is -0.465 e. The zero-order valence-corrected chi connectivity index (χ0v) is 12.1. The van der Waals surface area contributed by atoms with Gasteiger partial charge in [-0.1, -0.05) is 18.2 Å². The third kappa shape index (κ3) is 2.83. The molecule has 0 atom stereocenters. The molecular formula is C17H15FN2O2. The number of ether oxygens (including phenoxy) is 1. The number of rotatable bonds is 4. The van der Waals surface area contributed by atoms with E-state index in [2.05, 4.69) is 5.10 Å². The van der Waals surface area contributed by atoms with Crippen molar-refractivity contribution in [3.8, 4) is 0 Å². The van der Waals surface area contributed by atoms with Crippen LogP contribution in [0.1, 0.15) is 15.9 Å². The fourth-order valence-corrected chi connectivity index (χ4v) is 2.38. The van der Waals surface area contributed by atoms with E-state index in [-0.39, 0.29) is 11.8 Å². The van der Waals surface area contributed by atoms with E-state index in [0.29, 0.717) is 12.1 Å². The maximum Gasteiger partial charge on any atom is 0.337 e. The monoisotopic (exact) mass is 298 g/mol. The average Bonchev–Trinajstić information content (AvgIpc) is 2.96. The minimum absolute atomic E-state index is 0.240. The molecule has 0 bridgehead atoms. The number of methoxy groups -OCH3 is 1. The van der Waals surface area contributed by atoms with Gasteiger partial charge in [-0.05, 0) is 36.2 Å². The Bertz CT molecular complexity index is 809.